The molecule has 3 nitrogen and oxygen atoms in total. The summed E-state index contributed by atoms with van der Waals surface area (Å²) in [5.74, 6) is 0.747. The smallest absolute Gasteiger partial charge is 0.280 e. The Kier molecular flexibility index (Phi) is 3.39. The first-order valence-corrected chi connectivity index (χ1v) is 6.89. The van der Waals surface area contributed by atoms with Crippen LogP contribution in [0.5, 0.6) is 0 Å². The van der Waals surface area contributed by atoms with Crippen LogP contribution in [0.1, 0.15) is 31.2 Å². The molecular formula is C16H14F3N3. The largest absolute Gasteiger partial charge is 0.416 e. The summed E-state index contributed by atoms with van der Waals surface area (Å²) in [5, 5.41) is 0. The number of alkyl halides is 3. The van der Waals surface area contributed by atoms with Crippen molar-refractivity contribution in [2.75, 3.05) is 0 Å². The summed E-state index contributed by atoms with van der Waals surface area (Å²) in [6.45, 7) is 3.90. The van der Waals surface area contributed by atoms with Crippen LogP contribution in [0.15, 0.2) is 42.6 Å². The van der Waals surface area contributed by atoms with Crippen molar-refractivity contribution in [1.82, 2.24) is 14.5 Å². The lowest BCUT2D eigenvalue weighted by molar-refractivity contribution is -0.137. The highest BCUT2D eigenvalue weighted by Crippen LogP contribution is 2.32. The molecule has 22 heavy (non-hydrogen) atoms. The van der Waals surface area contributed by atoms with Crippen LogP contribution in [0.25, 0.3) is 16.9 Å². The van der Waals surface area contributed by atoms with Gasteiger partial charge in [0.2, 0.25) is 0 Å². The number of hydrogen-bond acceptors (Lipinski definition) is 2. The van der Waals surface area contributed by atoms with E-state index in [1.54, 1.807) is 29.0 Å². The number of halogens is 3. The maximum absolute atomic E-state index is 12.9. The van der Waals surface area contributed by atoms with Crippen molar-refractivity contribution < 1.29 is 13.2 Å². The molecule has 0 aliphatic heterocycles. The highest BCUT2D eigenvalue weighted by atomic mass is 19.4. The fraction of sp³-hybridized carbons (Fsp3) is 0.250. The van der Waals surface area contributed by atoms with Crippen molar-refractivity contribution in [2.45, 2.75) is 25.9 Å². The standard InChI is InChI=1S/C16H14F3N3/c1-10(2)14-21-13-7-4-8-20-15(13)22(14)12-6-3-5-11(9-12)16(17,18)19/h3-10H,1-2H3. The maximum atomic E-state index is 12.9. The Balaban J connectivity index is 2.28. The molecule has 1 aromatic carbocycles. The van der Waals surface area contributed by atoms with Crippen LogP contribution in [-0.2, 0) is 6.18 Å². The number of rotatable bonds is 2. The minimum atomic E-state index is -4.38. The minimum Gasteiger partial charge on any atom is -0.280 e. The van der Waals surface area contributed by atoms with E-state index < -0.39 is 11.7 Å². The normalized spacial score (nSPS) is 12.3. The molecule has 0 fully saturated rings. The van der Waals surface area contributed by atoms with Gasteiger partial charge in [0, 0.05) is 17.8 Å². The topological polar surface area (TPSA) is 30.7 Å². The zero-order valence-electron chi connectivity index (χ0n) is 12.1. The Morgan fingerprint density at radius 3 is 2.55 bits per heavy atom. The molecule has 0 N–H and O–H groups in total. The molecule has 0 unspecified atom stereocenters. The monoisotopic (exact) mass is 305 g/mol. The number of pyridine rings is 1. The van der Waals surface area contributed by atoms with Gasteiger partial charge >= 0.3 is 6.18 Å². The number of aromatic nitrogens is 3. The van der Waals surface area contributed by atoms with Crippen LogP contribution in [0.4, 0.5) is 13.2 Å². The first-order valence-electron chi connectivity index (χ1n) is 6.89. The minimum absolute atomic E-state index is 0.0590. The van der Waals surface area contributed by atoms with Crippen molar-refractivity contribution >= 4 is 11.2 Å². The Morgan fingerprint density at radius 1 is 1.09 bits per heavy atom. The van der Waals surface area contributed by atoms with Gasteiger partial charge in [0.1, 0.15) is 11.3 Å². The maximum Gasteiger partial charge on any atom is 0.416 e. The Morgan fingerprint density at radius 2 is 1.86 bits per heavy atom. The van der Waals surface area contributed by atoms with Crippen LogP contribution in [0.2, 0.25) is 0 Å². The zero-order chi connectivity index (χ0) is 15.9. The Bertz CT molecular complexity index is 819. The third-order valence-electron chi connectivity index (χ3n) is 3.39. The molecule has 2 aromatic heterocycles. The van der Waals surface area contributed by atoms with E-state index in [2.05, 4.69) is 9.97 Å². The molecule has 0 radical (unpaired) electrons. The van der Waals surface area contributed by atoms with Crippen LogP contribution in [-0.4, -0.2) is 14.5 Å². The second-order valence-corrected chi connectivity index (χ2v) is 5.35. The predicted molar refractivity (Wildman–Crippen MR) is 78.0 cm³/mol. The zero-order valence-corrected chi connectivity index (χ0v) is 12.1. The summed E-state index contributed by atoms with van der Waals surface area (Å²) in [7, 11) is 0. The highest BCUT2D eigenvalue weighted by molar-refractivity contribution is 5.74. The molecule has 0 saturated heterocycles. The fourth-order valence-corrected chi connectivity index (χ4v) is 2.39. The molecule has 3 rings (SSSR count). The number of imidazole rings is 1. The van der Waals surface area contributed by atoms with E-state index >= 15 is 0 Å². The van der Waals surface area contributed by atoms with Gasteiger partial charge in [0.05, 0.1) is 5.56 Å². The third-order valence-corrected chi connectivity index (χ3v) is 3.39. The summed E-state index contributed by atoms with van der Waals surface area (Å²) < 4.78 is 40.5. The van der Waals surface area contributed by atoms with Gasteiger partial charge in [-0.2, -0.15) is 13.2 Å². The van der Waals surface area contributed by atoms with Crippen molar-refractivity contribution in [3.05, 3.63) is 54.0 Å². The first kappa shape index (κ1) is 14.6. The predicted octanol–water partition coefficient (Wildman–Crippen LogP) is 4.56. The lowest BCUT2D eigenvalue weighted by atomic mass is 10.1. The van der Waals surface area contributed by atoms with Crippen molar-refractivity contribution in [1.29, 1.82) is 0 Å². The summed E-state index contributed by atoms with van der Waals surface area (Å²) >= 11 is 0. The van der Waals surface area contributed by atoms with Crippen LogP contribution in [0, 0.1) is 0 Å². The van der Waals surface area contributed by atoms with E-state index in [9.17, 15) is 13.2 Å². The number of nitrogens with zero attached hydrogens (tertiary/aromatic N) is 3. The molecule has 0 bridgehead atoms. The Labute approximate surface area is 125 Å². The number of fused-ring (bicyclic) bond motifs is 1. The van der Waals surface area contributed by atoms with E-state index in [-0.39, 0.29) is 5.92 Å². The quantitative estimate of drug-likeness (QED) is 0.694. The van der Waals surface area contributed by atoms with Gasteiger partial charge in [-0.15, -0.1) is 0 Å². The molecule has 114 valence electrons. The summed E-state index contributed by atoms with van der Waals surface area (Å²) in [6, 6.07) is 8.79. The molecular weight excluding hydrogens is 291 g/mol. The molecule has 0 aliphatic rings. The third kappa shape index (κ3) is 2.45. The van der Waals surface area contributed by atoms with Gasteiger partial charge < -0.3 is 0 Å². The van der Waals surface area contributed by atoms with Crippen LogP contribution >= 0.6 is 0 Å². The van der Waals surface area contributed by atoms with Crippen molar-refractivity contribution in [2.24, 2.45) is 0 Å². The summed E-state index contributed by atoms with van der Waals surface area (Å²) in [6.07, 6.45) is -2.77. The second-order valence-electron chi connectivity index (χ2n) is 5.35. The summed E-state index contributed by atoms with van der Waals surface area (Å²) in [5.41, 5.74) is 0.964. The van der Waals surface area contributed by atoms with Crippen molar-refractivity contribution in [3.63, 3.8) is 0 Å². The summed E-state index contributed by atoms with van der Waals surface area (Å²) in [4.78, 5) is 8.77. The average molecular weight is 305 g/mol. The van der Waals surface area contributed by atoms with Gasteiger partial charge in [-0.3, -0.25) is 4.57 Å². The van der Waals surface area contributed by atoms with Gasteiger partial charge in [0.25, 0.3) is 0 Å². The SMILES string of the molecule is CC(C)c1nc2cccnc2n1-c1cccc(C(F)(F)F)c1. The molecule has 0 atom stereocenters. The van der Waals surface area contributed by atoms with Gasteiger partial charge in [-0.05, 0) is 30.3 Å². The lowest BCUT2D eigenvalue weighted by Crippen LogP contribution is -2.08. The Hall–Kier alpha value is -2.37. The molecule has 0 spiro atoms. The molecule has 0 amide bonds. The van der Waals surface area contributed by atoms with Gasteiger partial charge in [0.15, 0.2) is 5.65 Å². The molecule has 2 heterocycles. The molecule has 6 heteroatoms. The highest BCUT2D eigenvalue weighted by Gasteiger charge is 2.31. The van der Waals surface area contributed by atoms with Crippen LogP contribution < -0.4 is 0 Å². The van der Waals surface area contributed by atoms with E-state index in [4.69, 9.17) is 0 Å². The fourth-order valence-electron chi connectivity index (χ4n) is 2.39. The van der Waals surface area contributed by atoms with Gasteiger partial charge in [-0.25, -0.2) is 9.97 Å². The lowest BCUT2D eigenvalue weighted by Gasteiger charge is -2.13. The van der Waals surface area contributed by atoms with E-state index in [1.165, 1.54) is 6.07 Å². The number of benzene rings is 1. The second kappa shape index (κ2) is 5.12. The molecule has 0 aliphatic carbocycles. The number of hydrogen-bond donors (Lipinski definition) is 0. The molecule has 0 saturated carbocycles. The van der Waals surface area contributed by atoms with Gasteiger partial charge in [-0.1, -0.05) is 19.9 Å². The van der Waals surface area contributed by atoms with E-state index in [0.29, 0.717) is 22.7 Å². The van der Waals surface area contributed by atoms with E-state index in [1.807, 2.05) is 13.8 Å². The molecule has 3 aromatic rings. The first-order chi connectivity index (χ1) is 10.4. The van der Waals surface area contributed by atoms with Crippen molar-refractivity contribution in [3.8, 4) is 5.69 Å². The average Bonchev–Trinajstić information content (AvgIpc) is 2.86. The van der Waals surface area contributed by atoms with Crippen LogP contribution in [0.3, 0.4) is 0 Å². The van der Waals surface area contributed by atoms with E-state index in [0.717, 1.165) is 12.1 Å².